The lowest BCUT2D eigenvalue weighted by Crippen LogP contribution is -2.26. The van der Waals surface area contributed by atoms with Crippen molar-refractivity contribution in [2.45, 2.75) is 20.4 Å². The molecule has 0 aliphatic carbocycles. The maximum absolute atomic E-state index is 13.2. The van der Waals surface area contributed by atoms with Crippen LogP contribution in [0, 0.1) is 13.8 Å². The molecule has 164 valence electrons. The van der Waals surface area contributed by atoms with Gasteiger partial charge in [0.2, 0.25) is 0 Å². The minimum Gasteiger partial charge on any atom is -0.491 e. The molecule has 0 fully saturated rings. The second kappa shape index (κ2) is 9.98. The van der Waals surface area contributed by atoms with Crippen molar-refractivity contribution in [3.63, 3.8) is 0 Å². The lowest BCUT2D eigenvalue weighted by Gasteiger charge is -2.14. The highest BCUT2D eigenvalue weighted by molar-refractivity contribution is 6.30. The predicted molar refractivity (Wildman–Crippen MR) is 129 cm³/mol. The van der Waals surface area contributed by atoms with Crippen molar-refractivity contribution >= 4 is 22.5 Å². The third kappa shape index (κ3) is 5.01. The first kappa shape index (κ1) is 22.1. The Labute approximate surface area is 192 Å². The smallest absolute Gasteiger partial charge is 0.261 e. The Morgan fingerprint density at radius 2 is 1.69 bits per heavy atom. The second-order valence-corrected chi connectivity index (χ2v) is 8.06. The number of benzene rings is 3. The average Bonchev–Trinajstić information content (AvgIpc) is 2.80. The summed E-state index contributed by atoms with van der Waals surface area (Å²) in [6.45, 7) is 5.77. The van der Waals surface area contributed by atoms with Gasteiger partial charge in [-0.25, -0.2) is 4.98 Å². The number of aryl methyl sites for hydroxylation is 2. The molecule has 4 aromatic rings. The molecular formula is C26H25ClN2O3. The maximum Gasteiger partial charge on any atom is 0.261 e. The van der Waals surface area contributed by atoms with E-state index in [0.717, 1.165) is 11.3 Å². The number of hydrogen-bond acceptors (Lipinski definition) is 4. The summed E-state index contributed by atoms with van der Waals surface area (Å²) in [5.41, 5.74) is 3.84. The number of ether oxygens (including phenoxy) is 2. The van der Waals surface area contributed by atoms with Crippen LogP contribution in [0.4, 0.5) is 0 Å². The van der Waals surface area contributed by atoms with E-state index in [4.69, 9.17) is 26.1 Å². The minimum atomic E-state index is -0.0875. The monoisotopic (exact) mass is 448 g/mol. The molecule has 0 unspecified atom stereocenters. The van der Waals surface area contributed by atoms with Gasteiger partial charge in [0.1, 0.15) is 18.2 Å². The molecule has 0 saturated carbocycles. The van der Waals surface area contributed by atoms with Crippen LogP contribution in [-0.2, 0) is 11.3 Å². The summed E-state index contributed by atoms with van der Waals surface area (Å²) in [5, 5.41) is 1.22. The molecule has 0 N–H and O–H groups in total. The first-order valence-corrected chi connectivity index (χ1v) is 10.9. The molecule has 0 atom stereocenters. The minimum absolute atomic E-state index is 0.0875. The van der Waals surface area contributed by atoms with Crippen LogP contribution in [0.5, 0.6) is 5.75 Å². The fourth-order valence-electron chi connectivity index (χ4n) is 3.47. The zero-order valence-electron chi connectivity index (χ0n) is 18.2. The van der Waals surface area contributed by atoms with E-state index in [-0.39, 0.29) is 5.56 Å². The van der Waals surface area contributed by atoms with Gasteiger partial charge in [-0.2, -0.15) is 0 Å². The summed E-state index contributed by atoms with van der Waals surface area (Å²) in [6, 6.07) is 20.7. The lowest BCUT2D eigenvalue weighted by atomic mass is 10.1. The van der Waals surface area contributed by atoms with E-state index < -0.39 is 0 Å². The van der Waals surface area contributed by atoms with Gasteiger partial charge in [-0.3, -0.25) is 9.36 Å². The van der Waals surface area contributed by atoms with Crippen LogP contribution in [0.1, 0.15) is 11.1 Å². The van der Waals surface area contributed by atoms with Crippen molar-refractivity contribution < 1.29 is 9.47 Å². The molecule has 4 rings (SSSR count). The summed E-state index contributed by atoms with van der Waals surface area (Å²) < 4.78 is 13.2. The normalized spacial score (nSPS) is 11.1. The topological polar surface area (TPSA) is 53.4 Å². The van der Waals surface area contributed by atoms with Crippen molar-refractivity contribution in [3.05, 3.63) is 93.2 Å². The molecule has 0 spiro atoms. The second-order valence-electron chi connectivity index (χ2n) is 7.62. The summed E-state index contributed by atoms with van der Waals surface area (Å²) in [4.78, 5) is 17.9. The third-order valence-electron chi connectivity index (χ3n) is 5.40. The Morgan fingerprint density at radius 3 is 2.47 bits per heavy atom. The fraction of sp³-hybridized carbons (Fsp3) is 0.231. The van der Waals surface area contributed by atoms with E-state index in [9.17, 15) is 4.79 Å². The molecule has 0 aliphatic heterocycles. The number of hydrogen-bond donors (Lipinski definition) is 0. The average molecular weight is 449 g/mol. The molecule has 5 nitrogen and oxygen atoms in total. The molecule has 0 amide bonds. The molecule has 0 saturated heterocycles. The Kier molecular flexibility index (Phi) is 6.88. The highest BCUT2D eigenvalue weighted by Gasteiger charge is 2.12. The van der Waals surface area contributed by atoms with Crippen LogP contribution < -0.4 is 10.3 Å². The molecule has 6 heteroatoms. The van der Waals surface area contributed by atoms with Gasteiger partial charge in [0.05, 0.1) is 30.7 Å². The standard InChI is InChI=1S/C26H25ClN2O3/c1-18-7-12-22(17-19(18)2)32-16-15-31-14-13-29-25(20-8-10-21(27)11-9-20)28-24-6-4-3-5-23(24)26(29)30/h3-12,17H,13-16H2,1-2H3. The van der Waals surface area contributed by atoms with Crippen LogP contribution in [0.2, 0.25) is 5.02 Å². The number of para-hydroxylation sites is 1. The van der Waals surface area contributed by atoms with Crippen molar-refractivity contribution in [2.75, 3.05) is 19.8 Å². The van der Waals surface area contributed by atoms with Gasteiger partial charge < -0.3 is 9.47 Å². The largest absolute Gasteiger partial charge is 0.491 e. The van der Waals surface area contributed by atoms with Gasteiger partial charge in [-0.1, -0.05) is 29.8 Å². The molecule has 0 radical (unpaired) electrons. The lowest BCUT2D eigenvalue weighted by molar-refractivity contribution is 0.0940. The number of aromatic nitrogens is 2. The van der Waals surface area contributed by atoms with E-state index in [1.54, 1.807) is 22.8 Å². The number of nitrogens with zero attached hydrogens (tertiary/aromatic N) is 2. The molecule has 32 heavy (non-hydrogen) atoms. The summed E-state index contributed by atoms with van der Waals surface area (Å²) >= 11 is 6.04. The Balaban J connectivity index is 1.45. The van der Waals surface area contributed by atoms with Crippen LogP contribution in [-0.4, -0.2) is 29.4 Å². The van der Waals surface area contributed by atoms with Crippen molar-refractivity contribution in [1.29, 1.82) is 0 Å². The zero-order chi connectivity index (χ0) is 22.5. The fourth-order valence-corrected chi connectivity index (χ4v) is 3.60. The van der Waals surface area contributed by atoms with E-state index in [1.807, 2.05) is 48.5 Å². The predicted octanol–water partition coefficient (Wildman–Crippen LogP) is 5.43. The van der Waals surface area contributed by atoms with Gasteiger partial charge in [-0.15, -0.1) is 0 Å². The van der Waals surface area contributed by atoms with Gasteiger partial charge in [0.25, 0.3) is 5.56 Å². The van der Waals surface area contributed by atoms with E-state index in [2.05, 4.69) is 13.8 Å². The van der Waals surface area contributed by atoms with Crippen molar-refractivity contribution in [2.24, 2.45) is 0 Å². The highest BCUT2D eigenvalue weighted by Crippen LogP contribution is 2.21. The number of rotatable bonds is 8. The van der Waals surface area contributed by atoms with Crippen LogP contribution in [0.3, 0.4) is 0 Å². The molecule has 0 aliphatic rings. The van der Waals surface area contributed by atoms with Crippen molar-refractivity contribution in [3.8, 4) is 17.1 Å². The van der Waals surface area contributed by atoms with Gasteiger partial charge >= 0.3 is 0 Å². The van der Waals surface area contributed by atoms with Crippen LogP contribution in [0.25, 0.3) is 22.3 Å². The molecule has 1 aromatic heterocycles. The maximum atomic E-state index is 13.2. The van der Waals surface area contributed by atoms with Gasteiger partial charge in [0.15, 0.2) is 0 Å². The zero-order valence-corrected chi connectivity index (χ0v) is 18.9. The molecule has 3 aromatic carbocycles. The van der Waals surface area contributed by atoms with E-state index in [1.165, 1.54) is 11.1 Å². The van der Waals surface area contributed by atoms with Crippen LogP contribution in [0.15, 0.2) is 71.5 Å². The first-order valence-electron chi connectivity index (χ1n) is 10.6. The summed E-state index contributed by atoms with van der Waals surface area (Å²) in [6.07, 6.45) is 0. The van der Waals surface area contributed by atoms with Gasteiger partial charge in [-0.05, 0) is 73.5 Å². The number of fused-ring (bicyclic) bond motifs is 1. The first-order chi connectivity index (χ1) is 15.5. The third-order valence-corrected chi connectivity index (χ3v) is 5.65. The molecule has 0 bridgehead atoms. The molecule has 1 heterocycles. The molecular weight excluding hydrogens is 424 g/mol. The van der Waals surface area contributed by atoms with Crippen LogP contribution >= 0.6 is 11.6 Å². The highest BCUT2D eigenvalue weighted by atomic mass is 35.5. The number of halogens is 1. The SMILES string of the molecule is Cc1ccc(OCCOCCn2c(-c3ccc(Cl)cc3)nc3ccccc3c2=O)cc1C. The quantitative estimate of drug-likeness (QED) is 0.337. The summed E-state index contributed by atoms with van der Waals surface area (Å²) in [7, 11) is 0. The van der Waals surface area contributed by atoms with E-state index >= 15 is 0 Å². The van der Waals surface area contributed by atoms with Gasteiger partial charge in [0, 0.05) is 10.6 Å². The Hall–Kier alpha value is -3.15. The summed E-state index contributed by atoms with van der Waals surface area (Å²) in [5.74, 6) is 1.43. The van der Waals surface area contributed by atoms with Crippen molar-refractivity contribution in [1.82, 2.24) is 9.55 Å². The Morgan fingerprint density at radius 1 is 0.906 bits per heavy atom. The Bertz CT molecular complexity index is 1280. The van der Waals surface area contributed by atoms with E-state index in [0.29, 0.717) is 48.1 Å².